The summed E-state index contributed by atoms with van der Waals surface area (Å²) in [5.41, 5.74) is 2.79. The summed E-state index contributed by atoms with van der Waals surface area (Å²) < 4.78 is 1.08. The van der Waals surface area contributed by atoms with E-state index < -0.39 is 0 Å². The quantitative estimate of drug-likeness (QED) is 0.426. The normalized spacial score (nSPS) is 10.3. The number of thiophene rings is 1. The predicted octanol–water partition coefficient (Wildman–Crippen LogP) is 2.82. The molecule has 8 heteroatoms. The minimum absolute atomic E-state index is 0.207. The van der Waals surface area contributed by atoms with Crippen molar-refractivity contribution in [3.8, 4) is 0 Å². The molecule has 1 amide bonds. The monoisotopic (exact) mass is 374 g/mol. The van der Waals surface area contributed by atoms with Crippen LogP contribution >= 0.6 is 38.9 Å². The lowest BCUT2D eigenvalue weighted by Crippen LogP contribution is -2.25. The summed E-state index contributed by atoms with van der Waals surface area (Å²) in [5, 5.41) is 3.05. The number of halogens is 2. The third kappa shape index (κ3) is 4.17. The second kappa shape index (κ2) is 7.03. The molecule has 0 saturated carbocycles. The molecule has 20 heavy (non-hydrogen) atoms. The van der Waals surface area contributed by atoms with Crippen molar-refractivity contribution in [1.29, 1.82) is 0 Å². The van der Waals surface area contributed by atoms with E-state index >= 15 is 0 Å². The molecule has 0 fully saturated rings. The van der Waals surface area contributed by atoms with Crippen molar-refractivity contribution in [3.05, 3.63) is 43.6 Å². The van der Waals surface area contributed by atoms with E-state index in [0.29, 0.717) is 17.9 Å². The molecule has 0 bridgehead atoms. The van der Waals surface area contributed by atoms with E-state index in [1.165, 1.54) is 10.9 Å². The number of nitrogen functional groups attached to an aromatic ring is 1. The van der Waals surface area contributed by atoms with Gasteiger partial charge in [-0.2, -0.15) is 0 Å². The molecule has 0 aromatic carbocycles. The van der Waals surface area contributed by atoms with Gasteiger partial charge in [0.05, 0.1) is 3.79 Å². The predicted molar refractivity (Wildman–Crippen MR) is 85.1 cm³/mol. The van der Waals surface area contributed by atoms with Gasteiger partial charge in [-0.15, -0.1) is 11.3 Å². The van der Waals surface area contributed by atoms with Crippen LogP contribution in [0.5, 0.6) is 0 Å². The first-order valence-corrected chi connectivity index (χ1v) is 7.74. The average Bonchev–Trinajstić information content (AvgIpc) is 2.83. The number of carbonyl (C=O) groups is 1. The zero-order valence-electron chi connectivity index (χ0n) is 10.3. The number of hydrogen-bond donors (Lipinski definition) is 3. The number of nitrogens with two attached hydrogens (primary N) is 1. The summed E-state index contributed by atoms with van der Waals surface area (Å²) in [5.74, 6) is 5.40. The van der Waals surface area contributed by atoms with E-state index in [4.69, 9.17) is 17.4 Å². The zero-order chi connectivity index (χ0) is 14.5. The highest BCUT2D eigenvalue weighted by atomic mass is 79.9. The Labute approximate surface area is 133 Å². The van der Waals surface area contributed by atoms with Crippen LogP contribution in [0.4, 0.5) is 5.82 Å². The molecule has 0 atom stereocenters. The highest BCUT2D eigenvalue weighted by molar-refractivity contribution is 9.11. The Hall–Kier alpha value is -1.15. The number of nitrogens with zero attached hydrogens (tertiary/aromatic N) is 1. The summed E-state index contributed by atoms with van der Waals surface area (Å²) in [6.45, 7) is 0.553. The first-order valence-electron chi connectivity index (χ1n) is 5.75. The van der Waals surface area contributed by atoms with E-state index in [-0.39, 0.29) is 11.1 Å². The third-order valence-electron chi connectivity index (χ3n) is 2.49. The molecule has 2 aromatic rings. The number of anilines is 1. The summed E-state index contributed by atoms with van der Waals surface area (Å²) in [7, 11) is 0. The summed E-state index contributed by atoms with van der Waals surface area (Å²) in [4.78, 5) is 17.1. The number of nitrogens with one attached hydrogen (secondary N) is 2. The van der Waals surface area contributed by atoms with E-state index in [1.807, 2.05) is 12.1 Å². The van der Waals surface area contributed by atoms with Crippen LogP contribution in [0.25, 0.3) is 0 Å². The maximum atomic E-state index is 12.0. The number of rotatable bonds is 5. The number of hydrogen-bond acceptors (Lipinski definition) is 5. The van der Waals surface area contributed by atoms with Crippen LogP contribution < -0.4 is 16.6 Å². The van der Waals surface area contributed by atoms with Crippen molar-refractivity contribution in [2.75, 3.05) is 12.0 Å². The van der Waals surface area contributed by atoms with Gasteiger partial charge in [0.15, 0.2) is 0 Å². The van der Waals surface area contributed by atoms with Crippen LogP contribution in [0.3, 0.4) is 0 Å². The third-order valence-corrected chi connectivity index (χ3v) is 4.37. The summed E-state index contributed by atoms with van der Waals surface area (Å²) in [6.07, 6.45) is 0.781. The van der Waals surface area contributed by atoms with Gasteiger partial charge in [0, 0.05) is 17.0 Å². The van der Waals surface area contributed by atoms with Crippen molar-refractivity contribution in [2.45, 2.75) is 6.42 Å². The Morgan fingerprint density at radius 1 is 1.45 bits per heavy atom. The minimum atomic E-state index is -0.207. The maximum absolute atomic E-state index is 12.0. The van der Waals surface area contributed by atoms with Crippen LogP contribution in [0, 0.1) is 0 Å². The first-order chi connectivity index (χ1) is 9.58. The van der Waals surface area contributed by atoms with Crippen molar-refractivity contribution >= 4 is 50.6 Å². The molecule has 2 heterocycles. The van der Waals surface area contributed by atoms with Crippen LogP contribution in [0.1, 0.15) is 15.2 Å². The molecule has 0 aliphatic rings. The fraction of sp³-hybridized carbons (Fsp3) is 0.167. The average molecular weight is 376 g/mol. The van der Waals surface area contributed by atoms with E-state index in [0.717, 1.165) is 10.2 Å². The number of amides is 1. The van der Waals surface area contributed by atoms with Gasteiger partial charge >= 0.3 is 0 Å². The highest BCUT2D eigenvalue weighted by Gasteiger charge is 2.09. The Morgan fingerprint density at radius 2 is 2.25 bits per heavy atom. The number of hydrazine groups is 1. The molecule has 0 spiro atoms. The zero-order valence-corrected chi connectivity index (χ0v) is 13.5. The Balaban J connectivity index is 1.93. The Bertz CT molecular complexity index is 619. The summed E-state index contributed by atoms with van der Waals surface area (Å²) >= 11 is 10.9. The lowest BCUT2D eigenvalue weighted by atomic mass is 10.2. The molecule has 106 valence electrons. The maximum Gasteiger partial charge on any atom is 0.251 e. The lowest BCUT2D eigenvalue weighted by molar-refractivity contribution is 0.0954. The fourth-order valence-corrected chi connectivity index (χ4v) is 3.28. The van der Waals surface area contributed by atoms with E-state index in [2.05, 4.69) is 31.7 Å². The lowest BCUT2D eigenvalue weighted by Gasteiger charge is -2.06. The highest BCUT2D eigenvalue weighted by Crippen LogP contribution is 2.22. The van der Waals surface area contributed by atoms with Crippen LogP contribution in [-0.4, -0.2) is 17.4 Å². The molecule has 5 nitrogen and oxygen atoms in total. The summed E-state index contributed by atoms with van der Waals surface area (Å²) in [6, 6.07) is 7.06. The SMILES string of the molecule is NNc1cc(C(=O)NCCc2ccc(Br)s2)cc(Cl)n1. The molecule has 2 rings (SSSR count). The van der Waals surface area contributed by atoms with Crippen molar-refractivity contribution in [3.63, 3.8) is 0 Å². The minimum Gasteiger partial charge on any atom is -0.352 e. The van der Waals surface area contributed by atoms with Gasteiger partial charge in [0.1, 0.15) is 11.0 Å². The van der Waals surface area contributed by atoms with Gasteiger partial charge < -0.3 is 10.7 Å². The first kappa shape index (κ1) is 15.2. The molecular formula is C12H12BrClN4OS. The molecule has 4 N–H and O–H groups in total. The number of pyridine rings is 1. The van der Waals surface area contributed by atoms with Gasteiger partial charge in [-0.3, -0.25) is 4.79 Å². The van der Waals surface area contributed by atoms with Crippen LogP contribution in [0.2, 0.25) is 5.15 Å². The second-order valence-corrected chi connectivity index (χ2v) is 6.85. The second-order valence-electron chi connectivity index (χ2n) is 3.92. The van der Waals surface area contributed by atoms with Crippen LogP contribution in [0.15, 0.2) is 28.1 Å². The van der Waals surface area contributed by atoms with Crippen molar-refractivity contribution < 1.29 is 4.79 Å². The molecule has 0 aliphatic carbocycles. The van der Waals surface area contributed by atoms with Gasteiger partial charge in [0.2, 0.25) is 0 Å². The van der Waals surface area contributed by atoms with Gasteiger partial charge in [-0.1, -0.05) is 11.6 Å². The smallest absolute Gasteiger partial charge is 0.251 e. The van der Waals surface area contributed by atoms with E-state index in [9.17, 15) is 4.79 Å². The Kier molecular flexibility index (Phi) is 5.36. The van der Waals surface area contributed by atoms with E-state index in [1.54, 1.807) is 17.4 Å². The molecule has 0 saturated heterocycles. The van der Waals surface area contributed by atoms with Gasteiger partial charge in [-0.05, 0) is 46.6 Å². The standard InChI is InChI=1S/C12H12BrClN4OS/c13-9-2-1-8(20-9)3-4-16-12(19)7-5-10(14)17-11(6-7)18-15/h1-2,5-6H,3-4,15H2,(H,16,19)(H,17,18). The number of aromatic nitrogens is 1. The topological polar surface area (TPSA) is 80.0 Å². The largest absolute Gasteiger partial charge is 0.352 e. The molecular weight excluding hydrogens is 364 g/mol. The fourth-order valence-electron chi connectivity index (χ4n) is 1.59. The Morgan fingerprint density at radius 3 is 2.90 bits per heavy atom. The molecule has 2 aromatic heterocycles. The van der Waals surface area contributed by atoms with Gasteiger partial charge in [-0.25, -0.2) is 10.8 Å². The molecule has 0 radical (unpaired) electrons. The van der Waals surface area contributed by atoms with Crippen molar-refractivity contribution in [1.82, 2.24) is 10.3 Å². The number of carbonyl (C=O) groups excluding carboxylic acids is 1. The van der Waals surface area contributed by atoms with Crippen molar-refractivity contribution in [2.24, 2.45) is 5.84 Å². The van der Waals surface area contributed by atoms with Crippen LogP contribution in [-0.2, 0) is 6.42 Å². The molecule has 0 aliphatic heterocycles. The van der Waals surface area contributed by atoms with Gasteiger partial charge in [0.25, 0.3) is 5.91 Å². The molecule has 0 unspecified atom stereocenters.